The van der Waals surface area contributed by atoms with Crippen molar-refractivity contribution in [2.45, 2.75) is 0 Å². The van der Waals surface area contributed by atoms with Crippen LogP contribution in [0.4, 0.5) is 0 Å². The molecule has 0 bridgehead atoms. The third kappa shape index (κ3) is 1.89. The average molecular weight is 170 g/mol. The number of carbonyl (C=O) groups excluding carboxylic acids is 1. The minimum absolute atomic E-state index is 0.313. The third-order valence-corrected chi connectivity index (χ3v) is 1.48. The van der Waals surface area contributed by atoms with E-state index in [0.717, 1.165) is 0 Å². The first kappa shape index (κ1) is 8.90. The van der Waals surface area contributed by atoms with Crippen LogP contribution in [0.2, 0.25) is 0 Å². The highest BCUT2D eigenvalue weighted by Gasteiger charge is 2.01. The predicted octanol–water partition coefficient (Wildman–Crippen LogP) is 1.18. The number of hydrogen-bond acceptors (Lipinski definition) is 2. The second-order valence-electron chi connectivity index (χ2n) is 2.21. The van der Waals surface area contributed by atoms with Crippen molar-refractivity contribution in [3.05, 3.63) is 29.3 Å². The van der Waals surface area contributed by atoms with Gasteiger partial charge >= 0.3 is 0 Å². The van der Waals surface area contributed by atoms with Gasteiger partial charge in [0.05, 0.1) is 5.56 Å². The molecule has 1 rings (SSSR count). The first-order valence-corrected chi connectivity index (χ1v) is 3.49. The Morgan fingerprint density at radius 3 is 2.62 bits per heavy atom. The molecule has 0 unspecified atom stereocenters. The molecule has 0 fully saturated rings. The van der Waals surface area contributed by atoms with Crippen molar-refractivity contribution in [3.63, 3.8) is 0 Å². The molecular formula is C11H6O2. The minimum Gasteiger partial charge on any atom is -0.427 e. The van der Waals surface area contributed by atoms with Gasteiger partial charge in [0, 0.05) is 5.56 Å². The van der Waals surface area contributed by atoms with Crippen LogP contribution in [-0.4, -0.2) is 6.47 Å². The molecule has 0 N–H and O–H groups in total. The van der Waals surface area contributed by atoms with Crippen molar-refractivity contribution in [3.8, 4) is 30.4 Å². The zero-order chi connectivity index (χ0) is 9.68. The largest absolute Gasteiger partial charge is 0.427 e. The fourth-order valence-electron chi connectivity index (χ4n) is 0.881. The first-order chi connectivity index (χ1) is 6.31. The van der Waals surface area contributed by atoms with Crippen molar-refractivity contribution in [2.75, 3.05) is 0 Å². The molecular weight excluding hydrogens is 164 g/mol. The van der Waals surface area contributed by atoms with Gasteiger partial charge in [-0.25, -0.2) is 0 Å². The molecule has 0 atom stereocenters. The van der Waals surface area contributed by atoms with Crippen LogP contribution in [0.3, 0.4) is 0 Å². The summed E-state index contributed by atoms with van der Waals surface area (Å²) in [6, 6.07) is 4.87. The van der Waals surface area contributed by atoms with Crippen molar-refractivity contribution >= 4 is 6.47 Å². The number of rotatable bonds is 2. The van der Waals surface area contributed by atoms with Crippen LogP contribution in [0, 0.1) is 24.7 Å². The highest BCUT2D eigenvalue weighted by atomic mass is 16.5. The third-order valence-electron chi connectivity index (χ3n) is 1.48. The Hall–Kier alpha value is -2.19. The standard InChI is InChI=1S/C11H6O2/c1-3-9-5-6-10(4-2)11(7-9)13-8-12/h1-2,5-8H. The van der Waals surface area contributed by atoms with Crippen LogP contribution in [0.25, 0.3) is 0 Å². The molecule has 2 heteroatoms. The van der Waals surface area contributed by atoms with Gasteiger partial charge in [-0.05, 0) is 18.2 Å². The summed E-state index contributed by atoms with van der Waals surface area (Å²) in [4.78, 5) is 10.1. The Labute approximate surface area is 76.5 Å². The lowest BCUT2D eigenvalue weighted by Gasteiger charge is -2.01. The maximum atomic E-state index is 10.1. The average Bonchev–Trinajstić information content (AvgIpc) is 2.18. The van der Waals surface area contributed by atoms with Gasteiger partial charge in [0.1, 0.15) is 5.75 Å². The SMILES string of the molecule is C#Cc1ccc(C#C)c(OC=O)c1. The molecule has 13 heavy (non-hydrogen) atoms. The molecule has 0 heterocycles. The summed E-state index contributed by atoms with van der Waals surface area (Å²) in [6.07, 6.45) is 10.3. The van der Waals surface area contributed by atoms with E-state index < -0.39 is 0 Å². The van der Waals surface area contributed by atoms with Crippen molar-refractivity contribution < 1.29 is 9.53 Å². The lowest BCUT2D eigenvalue weighted by molar-refractivity contribution is -0.120. The number of hydrogen-bond donors (Lipinski definition) is 0. The number of terminal acetylenes is 2. The molecule has 1 aromatic carbocycles. The van der Waals surface area contributed by atoms with E-state index in [2.05, 4.69) is 16.6 Å². The number of ether oxygens (including phenoxy) is 1. The van der Waals surface area contributed by atoms with Gasteiger partial charge in [0.2, 0.25) is 0 Å². The molecule has 0 amide bonds. The van der Waals surface area contributed by atoms with Crippen molar-refractivity contribution in [1.29, 1.82) is 0 Å². The smallest absolute Gasteiger partial charge is 0.298 e. The second kappa shape index (κ2) is 3.99. The Bertz CT molecular complexity index is 405. The second-order valence-corrected chi connectivity index (χ2v) is 2.21. The minimum atomic E-state index is 0.313. The van der Waals surface area contributed by atoms with Crippen molar-refractivity contribution in [2.24, 2.45) is 0 Å². The summed E-state index contributed by atoms with van der Waals surface area (Å²) in [6.45, 7) is 0.316. The fraction of sp³-hybridized carbons (Fsp3) is 0. The maximum Gasteiger partial charge on any atom is 0.298 e. The number of carbonyl (C=O) groups is 1. The van der Waals surface area contributed by atoms with Crippen LogP contribution in [0.15, 0.2) is 18.2 Å². The Balaban J connectivity index is 3.21. The van der Waals surface area contributed by atoms with Gasteiger partial charge in [-0.15, -0.1) is 12.8 Å². The summed E-state index contributed by atoms with van der Waals surface area (Å²) in [5.74, 6) is 5.10. The Morgan fingerprint density at radius 2 is 2.08 bits per heavy atom. The molecule has 0 aromatic heterocycles. The fourth-order valence-corrected chi connectivity index (χ4v) is 0.881. The molecule has 0 radical (unpaired) electrons. The summed E-state index contributed by atoms with van der Waals surface area (Å²) in [7, 11) is 0. The van der Waals surface area contributed by atoms with Crippen LogP contribution < -0.4 is 4.74 Å². The normalized spacial score (nSPS) is 8.15. The summed E-state index contributed by atoms with van der Waals surface area (Å²) >= 11 is 0. The highest BCUT2D eigenvalue weighted by molar-refractivity contribution is 5.55. The monoisotopic (exact) mass is 170 g/mol. The zero-order valence-electron chi connectivity index (χ0n) is 6.78. The van der Waals surface area contributed by atoms with Crippen LogP contribution in [0.5, 0.6) is 5.75 Å². The maximum absolute atomic E-state index is 10.1. The quantitative estimate of drug-likeness (QED) is 0.492. The van der Waals surface area contributed by atoms with E-state index in [1.54, 1.807) is 18.2 Å². The van der Waals surface area contributed by atoms with E-state index in [4.69, 9.17) is 12.8 Å². The number of benzene rings is 1. The molecule has 0 spiro atoms. The Morgan fingerprint density at radius 1 is 1.31 bits per heavy atom. The molecule has 0 saturated carbocycles. The van der Waals surface area contributed by atoms with E-state index in [1.165, 1.54) is 0 Å². The highest BCUT2D eigenvalue weighted by Crippen LogP contribution is 2.18. The summed E-state index contributed by atoms with van der Waals surface area (Å²) in [5.41, 5.74) is 1.13. The first-order valence-electron chi connectivity index (χ1n) is 3.49. The zero-order valence-corrected chi connectivity index (χ0v) is 6.78. The van der Waals surface area contributed by atoms with Gasteiger partial charge in [-0.3, -0.25) is 4.79 Å². The van der Waals surface area contributed by atoms with E-state index in [0.29, 0.717) is 23.3 Å². The van der Waals surface area contributed by atoms with Crippen molar-refractivity contribution in [1.82, 2.24) is 0 Å². The summed E-state index contributed by atoms with van der Waals surface area (Å²) in [5, 5.41) is 0. The molecule has 62 valence electrons. The van der Waals surface area contributed by atoms with Crippen LogP contribution in [-0.2, 0) is 4.79 Å². The molecule has 2 nitrogen and oxygen atoms in total. The van der Waals surface area contributed by atoms with E-state index in [9.17, 15) is 4.79 Å². The van der Waals surface area contributed by atoms with Crippen LogP contribution in [0.1, 0.15) is 11.1 Å². The molecule has 0 aliphatic rings. The van der Waals surface area contributed by atoms with Gasteiger partial charge < -0.3 is 4.74 Å². The lowest BCUT2D eigenvalue weighted by Crippen LogP contribution is -1.92. The molecule has 1 aromatic rings. The predicted molar refractivity (Wildman–Crippen MR) is 49.0 cm³/mol. The Kier molecular flexibility index (Phi) is 2.73. The van der Waals surface area contributed by atoms with Gasteiger partial charge in [-0.2, -0.15) is 0 Å². The van der Waals surface area contributed by atoms with E-state index >= 15 is 0 Å². The van der Waals surface area contributed by atoms with E-state index in [1.807, 2.05) is 0 Å². The van der Waals surface area contributed by atoms with Crippen LogP contribution >= 0.6 is 0 Å². The molecule has 0 saturated heterocycles. The molecule has 0 aliphatic carbocycles. The topological polar surface area (TPSA) is 26.3 Å². The van der Waals surface area contributed by atoms with E-state index in [-0.39, 0.29) is 0 Å². The van der Waals surface area contributed by atoms with Gasteiger partial charge in [0.15, 0.2) is 0 Å². The molecule has 0 aliphatic heterocycles. The lowest BCUT2D eigenvalue weighted by atomic mass is 10.1. The summed E-state index contributed by atoms with van der Waals surface area (Å²) < 4.78 is 4.65. The van der Waals surface area contributed by atoms with Gasteiger partial charge in [0.25, 0.3) is 6.47 Å². The van der Waals surface area contributed by atoms with Gasteiger partial charge in [-0.1, -0.05) is 11.8 Å².